The fourth-order valence-corrected chi connectivity index (χ4v) is 1.42. The van der Waals surface area contributed by atoms with Gasteiger partial charge in [0.15, 0.2) is 0 Å². The Morgan fingerprint density at radius 3 is 2.11 bits per heavy atom. The van der Waals surface area contributed by atoms with Crippen LogP contribution in [0.25, 0.3) is 0 Å². The Balaban J connectivity index is 4.33. The minimum Gasteiger partial charge on any atom is -0.480 e. The lowest BCUT2D eigenvalue weighted by Crippen LogP contribution is -2.45. The lowest BCUT2D eigenvalue weighted by atomic mass is 9.98. The molecule has 0 radical (unpaired) electrons. The van der Waals surface area contributed by atoms with Gasteiger partial charge in [-0.15, -0.1) is 0 Å². The first-order valence-electron chi connectivity index (χ1n) is 6.48. The molecule has 0 heterocycles. The summed E-state index contributed by atoms with van der Waals surface area (Å²) in [7, 11) is 0. The number of hydrogen-bond donors (Lipinski definition) is 2. The van der Waals surface area contributed by atoms with Gasteiger partial charge in [0, 0.05) is 13.1 Å². The molecule has 0 bridgehead atoms. The minimum absolute atomic E-state index is 0.248. The molecule has 18 heavy (non-hydrogen) atoms. The zero-order valence-electron chi connectivity index (χ0n) is 12.1. The summed E-state index contributed by atoms with van der Waals surface area (Å²) in [5.41, 5.74) is 0. The molecule has 0 aliphatic rings. The quantitative estimate of drug-likeness (QED) is 0.734. The van der Waals surface area contributed by atoms with Gasteiger partial charge in [0.25, 0.3) is 0 Å². The number of carboxylic acid groups (broad SMARTS) is 1. The molecular weight excluding hydrogens is 232 g/mol. The molecule has 0 saturated carbocycles. The Labute approximate surface area is 110 Å². The Hall–Kier alpha value is -1.26. The van der Waals surface area contributed by atoms with E-state index in [0.717, 1.165) is 0 Å². The van der Waals surface area contributed by atoms with Crippen LogP contribution in [-0.2, 0) is 4.79 Å². The van der Waals surface area contributed by atoms with E-state index in [-0.39, 0.29) is 18.5 Å². The first-order valence-corrected chi connectivity index (χ1v) is 6.48. The third kappa shape index (κ3) is 7.14. The van der Waals surface area contributed by atoms with Crippen LogP contribution in [0, 0.1) is 17.8 Å². The van der Waals surface area contributed by atoms with E-state index in [0.29, 0.717) is 24.9 Å². The fraction of sp³-hybridized carbons (Fsp3) is 0.846. The van der Waals surface area contributed by atoms with Crippen molar-refractivity contribution in [1.82, 2.24) is 10.2 Å². The van der Waals surface area contributed by atoms with Crippen molar-refractivity contribution >= 4 is 12.0 Å². The summed E-state index contributed by atoms with van der Waals surface area (Å²) in [5, 5.41) is 11.6. The van der Waals surface area contributed by atoms with E-state index in [2.05, 4.69) is 26.1 Å². The second-order valence-electron chi connectivity index (χ2n) is 5.58. The highest BCUT2D eigenvalue weighted by atomic mass is 16.4. The van der Waals surface area contributed by atoms with Gasteiger partial charge < -0.3 is 15.3 Å². The summed E-state index contributed by atoms with van der Waals surface area (Å²) < 4.78 is 0. The second kappa shape index (κ2) is 7.95. The topological polar surface area (TPSA) is 69.6 Å². The fourth-order valence-electron chi connectivity index (χ4n) is 1.42. The highest BCUT2D eigenvalue weighted by Gasteiger charge is 2.18. The van der Waals surface area contributed by atoms with Crippen LogP contribution in [-0.4, -0.2) is 41.6 Å². The number of nitrogens with one attached hydrogen (secondary N) is 1. The summed E-state index contributed by atoms with van der Waals surface area (Å²) in [6, 6.07) is -0.293. The maximum absolute atomic E-state index is 11.9. The van der Waals surface area contributed by atoms with E-state index < -0.39 is 5.97 Å². The lowest BCUT2D eigenvalue weighted by Gasteiger charge is -2.24. The first kappa shape index (κ1) is 16.7. The predicted octanol–water partition coefficient (Wildman–Crippen LogP) is 2.03. The Bertz CT molecular complexity index is 277. The molecule has 0 aromatic rings. The van der Waals surface area contributed by atoms with Crippen LogP contribution in [0.5, 0.6) is 0 Å². The number of carbonyl (C=O) groups excluding carboxylic acids is 1. The van der Waals surface area contributed by atoms with Gasteiger partial charge in [-0.05, 0) is 17.8 Å². The van der Waals surface area contributed by atoms with Crippen molar-refractivity contribution < 1.29 is 14.7 Å². The van der Waals surface area contributed by atoms with E-state index in [4.69, 9.17) is 5.11 Å². The van der Waals surface area contributed by atoms with E-state index in [1.807, 2.05) is 13.8 Å². The Morgan fingerprint density at radius 2 is 1.72 bits per heavy atom. The number of aliphatic carboxylic acids is 1. The lowest BCUT2D eigenvalue weighted by molar-refractivity contribution is -0.137. The number of nitrogens with zero attached hydrogens (tertiary/aromatic N) is 1. The van der Waals surface area contributed by atoms with Crippen molar-refractivity contribution in [1.29, 1.82) is 0 Å². The normalized spacial score (nSPS) is 12.6. The molecule has 2 N–H and O–H groups in total. The van der Waals surface area contributed by atoms with E-state index in [1.165, 1.54) is 4.90 Å². The molecule has 0 fully saturated rings. The summed E-state index contributed by atoms with van der Waals surface area (Å²) in [6.45, 7) is 10.9. The highest BCUT2D eigenvalue weighted by Crippen LogP contribution is 2.08. The molecule has 5 heteroatoms. The summed E-state index contributed by atoms with van der Waals surface area (Å²) in [4.78, 5) is 24.0. The largest absolute Gasteiger partial charge is 0.480 e. The Morgan fingerprint density at radius 1 is 1.17 bits per heavy atom. The van der Waals surface area contributed by atoms with Crippen molar-refractivity contribution in [3.8, 4) is 0 Å². The van der Waals surface area contributed by atoms with Crippen LogP contribution in [0.2, 0.25) is 0 Å². The average molecular weight is 258 g/mol. The molecule has 1 unspecified atom stereocenters. The molecule has 0 aliphatic heterocycles. The van der Waals surface area contributed by atoms with Crippen LogP contribution in [0.3, 0.4) is 0 Å². The number of hydrogen-bond acceptors (Lipinski definition) is 2. The van der Waals surface area contributed by atoms with Crippen molar-refractivity contribution in [2.45, 2.75) is 34.6 Å². The van der Waals surface area contributed by atoms with E-state index in [9.17, 15) is 9.59 Å². The van der Waals surface area contributed by atoms with Crippen LogP contribution in [0.1, 0.15) is 34.6 Å². The van der Waals surface area contributed by atoms with Gasteiger partial charge in [0.1, 0.15) is 6.54 Å². The van der Waals surface area contributed by atoms with Gasteiger partial charge in [-0.2, -0.15) is 0 Å². The molecule has 0 aromatic heterocycles. The maximum Gasteiger partial charge on any atom is 0.323 e. The minimum atomic E-state index is -0.984. The molecule has 0 aliphatic carbocycles. The zero-order valence-corrected chi connectivity index (χ0v) is 12.1. The van der Waals surface area contributed by atoms with Gasteiger partial charge in [0.2, 0.25) is 0 Å². The summed E-state index contributed by atoms with van der Waals surface area (Å²) >= 11 is 0. The van der Waals surface area contributed by atoms with Crippen LogP contribution in [0.4, 0.5) is 4.79 Å². The summed E-state index contributed by atoms with van der Waals surface area (Å²) in [6.07, 6.45) is 0. The SMILES string of the molecule is CC(C)CN(CC(=O)O)C(=O)NCC(C)C(C)C. The Kier molecular flexibility index (Phi) is 7.39. The molecule has 2 amide bonds. The number of amides is 2. The number of rotatable bonds is 7. The average Bonchev–Trinajstić information content (AvgIpc) is 2.22. The van der Waals surface area contributed by atoms with Gasteiger partial charge in [-0.25, -0.2) is 4.79 Å². The molecule has 0 spiro atoms. The highest BCUT2D eigenvalue weighted by molar-refractivity contribution is 5.80. The van der Waals surface area contributed by atoms with Crippen molar-refractivity contribution in [2.24, 2.45) is 17.8 Å². The zero-order chi connectivity index (χ0) is 14.3. The van der Waals surface area contributed by atoms with E-state index in [1.54, 1.807) is 0 Å². The molecular formula is C13H26N2O3. The maximum atomic E-state index is 11.9. The van der Waals surface area contributed by atoms with Crippen molar-refractivity contribution in [3.63, 3.8) is 0 Å². The molecule has 106 valence electrons. The monoisotopic (exact) mass is 258 g/mol. The van der Waals surface area contributed by atoms with Crippen LogP contribution < -0.4 is 5.32 Å². The van der Waals surface area contributed by atoms with Crippen molar-refractivity contribution in [3.05, 3.63) is 0 Å². The van der Waals surface area contributed by atoms with Crippen LogP contribution in [0.15, 0.2) is 0 Å². The number of carboxylic acids is 1. The number of urea groups is 1. The molecule has 1 atom stereocenters. The molecule has 5 nitrogen and oxygen atoms in total. The molecule has 0 saturated heterocycles. The van der Waals surface area contributed by atoms with Gasteiger partial charge in [-0.3, -0.25) is 4.79 Å². The van der Waals surface area contributed by atoms with E-state index >= 15 is 0 Å². The molecule has 0 rings (SSSR count). The predicted molar refractivity (Wildman–Crippen MR) is 71.4 cm³/mol. The number of carbonyl (C=O) groups is 2. The summed E-state index contributed by atoms with van der Waals surface area (Å²) in [5.74, 6) is 0.128. The third-order valence-corrected chi connectivity index (χ3v) is 2.91. The second-order valence-corrected chi connectivity index (χ2v) is 5.58. The molecule has 0 aromatic carbocycles. The van der Waals surface area contributed by atoms with Crippen molar-refractivity contribution in [2.75, 3.05) is 19.6 Å². The standard InChI is InChI=1S/C13H26N2O3/c1-9(2)7-15(8-12(16)17)13(18)14-6-11(5)10(3)4/h9-11H,6-8H2,1-5H3,(H,14,18)(H,16,17). The first-order chi connectivity index (χ1) is 8.23. The van der Waals surface area contributed by atoms with Gasteiger partial charge in [0.05, 0.1) is 0 Å². The smallest absolute Gasteiger partial charge is 0.323 e. The van der Waals surface area contributed by atoms with Gasteiger partial charge >= 0.3 is 12.0 Å². The van der Waals surface area contributed by atoms with Gasteiger partial charge in [-0.1, -0.05) is 34.6 Å². The van der Waals surface area contributed by atoms with Crippen LogP contribution >= 0.6 is 0 Å². The third-order valence-electron chi connectivity index (χ3n) is 2.91.